The fourth-order valence-corrected chi connectivity index (χ4v) is 1.31. The Kier molecular flexibility index (Phi) is 7.42. The molecule has 0 spiro atoms. The molecule has 3 N–H and O–H groups in total. The van der Waals surface area contributed by atoms with Crippen LogP contribution < -0.4 is 5.73 Å². The number of likely N-dealkylation sites (N-methyl/N-ethyl adjacent to an activating group) is 1. The van der Waals surface area contributed by atoms with Gasteiger partial charge in [0.25, 0.3) is 0 Å². The molecule has 84 valence electrons. The summed E-state index contributed by atoms with van der Waals surface area (Å²) in [7, 11) is 0. The molecule has 0 aromatic rings. The molecule has 0 radical (unpaired) electrons. The van der Waals surface area contributed by atoms with Gasteiger partial charge in [-0.25, -0.2) is 0 Å². The van der Waals surface area contributed by atoms with Crippen LogP contribution in [0.25, 0.3) is 0 Å². The van der Waals surface area contributed by atoms with E-state index in [0.717, 1.165) is 12.8 Å². The van der Waals surface area contributed by atoms with Crippen LogP contribution in [-0.4, -0.2) is 41.7 Å². The number of amides is 1. The van der Waals surface area contributed by atoms with Crippen molar-refractivity contribution in [2.75, 3.05) is 19.7 Å². The molecular weight excluding hydrogens is 180 g/mol. The molecule has 0 saturated heterocycles. The van der Waals surface area contributed by atoms with Gasteiger partial charge in [-0.2, -0.15) is 0 Å². The average Bonchev–Trinajstić information content (AvgIpc) is 2.13. The number of rotatable bonds is 7. The Hall–Kier alpha value is -0.610. The van der Waals surface area contributed by atoms with Gasteiger partial charge in [-0.05, 0) is 26.7 Å². The van der Waals surface area contributed by atoms with Crippen molar-refractivity contribution in [1.82, 2.24) is 4.90 Å². The van der Waals surface area contributed by atoms with Crippen LogP contribution in [0.5, 0.6) is 0 Å². The molecule has 1 amide bonds. The van der Waals surface area contributed by atoms with Crippen LogP contribution in [0.2, 0.25) is 0 Å². The quantitative estimate of drug-likeness (QED) is 0.626. The number of nitrogens with zero attached hydrogens (tertiary/aromatic N) is 1. The van der Waals surface area contributed by atoms with E-state index in [1.54, 1.807) is 4.90 Å². The Bertz CT molecular complexity index is 160. The standard InChI is InChI=1S/C10H22N2O2/c1-3-12(7-8-13)10(14)6-4-5-9(2)11/h9,13H,3-8,11H2,1-2H3. The van der Waals surface area contributed by atoms with Gasteiger partial charge >= 0.3 is 0 Å². The van der Waals surface area contributed by atoms with Crippen LogP contribution in [-0.2, 0) is 4.79 Å². The van der Waals surface area contributed by atoms with Crippen LogP contribution in [0.3, 0.4) is 0 Å². The minimum Gasteiger partial charge on any atom is -0.395 e. The van der Waals surface area contributed by atoms with E-state index >= 15 is 0 Å². The first kappa shape index (κ1) is 13.4. The maximum atomic E-state index is 11.5. The third-order valence-corrected chi connectivity index (χ3v) is 2.15. The molecule has 0 fully saturated rings. The molecule has 1 atom stereocenters. The zero-order chi connectivity index (χ0) is 11.0. The Morgan fingerprint density at radius 2 is 2.21 bits per heavy atom. The lowest BCUT2D eigenvalue weighted by molar-refractivity contribution is -0.131. The van der Waals surface area contributed by atoms with E-state index in [1.165, 1.54) is 0 Å². The van der Waals surface area contributed by atoms with Gasteiger partial charge in [0.2, 0.25) is 5.91 Å². The van der Waals surface area contributed by atoms with Gasteiger partial charge < -0.3 is 15.7 Å². The topological polar surface area (TPSA) is 66.6 Å². The largest absolute Gasteiger partial charge is 0.395 e. The minimum absolute atomic E-state index is 0.0346. The highest BCUT2D eigenvalue weighted by Crippen LogP contribution is 2.02. The summed E-state index contributed by atoms with van der Waals surface area (Å²) in [5.41, 5.74) is 5.58. The van der Waals surface area contributed by atoms with Gasteiger partial charge in [-0.15, -0.1) is 0 Å². The van der Waals surface area contributed by atoms with Gasteiger partial charge in [0.05, 0.1) is 6.61 Å². The number of hydrogen-bond donors (Lipinski definition) is 2. The average molecular weight is 202 g/mol. The van der Waals surface area contributed by atoms with Crippen LogP contribution in [0.4, 0.5) is 0 Å². The Morgan fingerprint density at radius 1 is 1.57 bits per heavy atom. The van der Waals surface area contributed by atoms with Crippen LogP contribution in [0.15, 0.2) is 0 Å². The number of hydrogen-bond acceptors (Lipinski definition) is 3. The van der Waals surface area contributed by atoms with Crippen molar-refractivity contribution in [3.05, 3.63) is 0 Å². The molecule has 0 aliphatic heterocycles. The molecule has 0 heterocycles. The number of carbonyl (C=O) groups excluding carboxylic acids is 1. The van der Waals surface area contributed by atoms with E-state index in [1.807, 2.05) is 13.8 Å². The van der Waals surface area contributed by atoms with Crippen molar-refractivity contribution >= 4 is 5.91 Å². The molecule has 0 bridgehead atoms. The first-order chi connectivity index (χ1) is 6.61. The van der Waals surface area contributed by atoms with Crippen molar-refractivity contribution in [2.24, 2.45) is 5.73 Å². The van der Waals surface area contributed by atoms with Crippen LogP contribution >= 0.6 is 0 Å². The second kappa shape index (κ2) is 7.76. The molecule has 0 aliphatic carbocycles. The fraction of sp³-hybridized carbons (Fsp3) is 0.900. The number of carbonyl (C=O) groups is 1. The molecule has 0 saturated carbocycles. The van der Waals surface area contributed by atoms with Gasteiger partial charge in [0.1, 0.15) is 0 Å². The van der Waals surface area contributed by atoms with Crippen LogP contribution in [0.1, 0.15) is 33.1 Å². The summed E-state index contributed by atoms with van der Waals surface area (Å²) in [5, 5.41) is 8.72. The number of nitrogens with two attached hydrogens (primary N) is 1. The molecule has 0 rings (SSSR count). The SMILES string of the molecule is CCN(CCO)C(=O)CCCC(C)N. The zero-order valence-electron chi connectivity index (χ0n) is 9.20. The third-order valence-electron chi connectivity index (χ3n) is 2.15. The van der Waals surface area contributed by atoms with Gasteiger partial charge in [0, 0.05) is 25.6 Å². The summed E-state index contributed by atoms with van der Waals surface area (Å²) >= 11 is 0. The Morgan fingerprint density at radius 3 is 2.64 bits per heavy atom. The van der Waals surface area contributed by atoms with E-state index < -0.39 is 0 Å². The van der Waals surface area contributed by atoms with Crippen molar-refractivity contribution in [3.8, 4) is 0 Å². The van der Waals surface area contributed by atoms with E-state index in [9.17, 15) is 4.79 Å². The summed E-state index contributed by atoms with van der Waals surface area (Å²) in [5.74, 6) is 0.113. The highest BCUT2D eigenvalue weighted by Gasteiger charge is 2.10. The maximum absolute atomic E-state index is 11.5. The molecule has 0 aliphatic rings. The second-order valence-electron chi connectivity index (χ2n) is 3.57. The molecular formula is C10H22N2O2. The van der Waals surface area contributed by atoms with E-state index in [2.05, 4.69) is 0 Å². The maximum Gasteiger partial charge on any atom is 0.222 e. The summed E-state index contributed by atoms with van der Waals surface area (Å²) in [4.78, 5) is 13.2. The van der Waals surface area contributed by atoms with Gasteiger partial charge in [-0.3, -0.25) is 4.79 Å². The molecule has 4 nitrogen and oxygen atoms in total. The van der Waals surface area contributed by atoms with Crippen molar-refractivity contribution in [2.45, 2.75) is 39.2 Å². The monoisotopic (exact) mass is 202 g/mol. The van der Waals surface area contributed by atoms with Gasteiger partial charge in [0.15, 0.2) is 0 Å². The first-order valence-electron chi connectivity index (χ1n) is 5.26. The smallest absolute Gasteiger partial charge is 0.222 e. The second-order valence-corrected chi connectivity index (χ2v) is 3.57. The number of aliphatic hydroxyl groups is 1. The van der Waals surface area contributed by atoms with E-state index in [-0.39, 0.29) is 18.6 Å². The summed E-state index contributed by atoms with van der Waals surface area (Å²) < 4.78 is 0. The van der Waals surface area contributed by atoms with Crippen LogP contribution in [0, 0.1) is 0 Å². The lowest BCUT2D eigenvalue weighted by Gasteiger charge is -2.19. The zero-order valence-corrected chi connectivity index (χ0v) is 9.20. The Labute approximate surface area is 86.1 Å². The minimum atomic E-state index is 0.0346. The van der Waals surface area contributed by atoms with E-state index in [4.69, 9.17) is 10.8 Å². The summed E-state index contributed by atoms with van der Waals surface area (Å²) in [6.45, 7) is 4.99. The molecule has 4 heteroatoms. The lowest BCUT2D eigenvalue weighted by Crippen LogP contribution is -2.33. The predicted molar refractivity (Wildman–Crippen MR) is 56.8 cm³/mol. The molecule has 1 unspecified atom stereocenters. The molecule has 0 aromatic carbocycles. The third kappa shape index (κ3) is 5.94. The van der Waals surface area contributed by atoms with Crippen molar-refractivity contribution < 1.29 is 9.90 Å². The van der Waals surface area contributed by atoms with E-state index in [0.29, 0.717) is 19.5 Å². The normalized spacial score (nSPS) is 12.6. The highest BCUT2D eigenvalue weighted by atomic mass is 16.3. The van der Waals surface area contributed by atoms with Crippen molar-refractivity contribution in [3.63, 3.8) is 0 Å². The Balaban J connectivity index is 3.69. The summed E-state index contributed by atoms with van der Waals surface area (Å²) in [6, 6.07) is 0.163. The number of aliphatic hydroxyl groups excluding tert-OH is 1. The molecule has 14 heavy (non-hydrogen) atoms. The lowest BCUT2D eigenvalue weighted by atomic mass is 10.1. The predicted octanol–water partition coefficient (Wildman–Crippen LogP) is 0.345. The van der Waals surface area contributed by atoms with Gasteiger partial charge in [-0.1, -0.05) is 0 Å². The highest BCUT2D eigenvalue weighted by molar-refractivity contribution is 5.76. The first-order valence-corrected chi connectivity index (χ1v) is 5.26. The fourth-order valence-electron chi connectivity index (χ4n) is 1.31. The molecule has 0 aromatic heterocycles. The summed E-state index contributed by atoms with van der Waals surface area (Å²) in [6.07, 6.45) is 2.25. The van der Waals surface area contributed by atoms with Crippen molar-refractivity contribution in [1.29, 1.82) is 0 Å².